The minimum Gasteiger partial charge on any atom is -0.497 e. The summed E-state index contributed by atoms with van der Waals surface area (Å²) in [6.45, 7) is 3.19. The molecule has 0 aliphatic heterocycles. The van der Waals surface area contributed by atoms with Crippen LogP contribution in [0.4, 0.5) is 23.1 Å². The number of nitro benzene ring substituents is 1. The van der Waals surface area contributed by atoms with Crippen molar-refractivity contribution in [3.8, 4) is 16.9 Å². The van der Waals surface area contributed by atoms with Gasteiger partial charge in [0.2, 0.25) is 5.95 Å². The van der Waals surface area contributed by atoms with Gasteiger partial charge in [0.05, 0.1) is 17.7 Å². The standard InChI is InChI=1S/C25H27N7O5/c1-3-18-23(24(26)31-25(27)30-18)14-4-7-19(20(10-14)32(34)35)29-9-8-28-13-15-11-22(33)37-21-12-16(36-2)5-6-17(15)21/h4-7,10-12,28-29H,3,8-9,13H2,1-2H3,(H4,26,27,30,31). The zero-order valence-electron chi connectivity index (χ0n) is 20.4. The second-order valence-electron chi connectivity index (χ2n) is 8.19. The summed E-state index contributed by atoms with van der Waals surface area (Å²) in [5, 5.41) is 18.9. The Hall–Kier alpha value is -4.71. The van der Waals surface area contributed by atoms with Crippen LogP contribution in [-0.4, -0.2) is 35.1 Å². The molecule has 2 aromatic carbocycles. The van der Waals surface area contributed by atoms with Gasteiger partial charge in [-0.2, -0.15) is 4.98 Å². The molecule has 0 saturated carbocycles. The van der Waals surface area contributed by atoms with Gasteiger partial charge in [-0.05, 0) is 35.7 Å². The van der Waals surface area contributed by atoms with Crippen LogP contribution in [0, 0.1) is 10.1 Å². The van der Waals surface area contributed by atoms with Gasteiger partial charge in [-0.15, -0.1) is 0 Å². The Morgan fingerprint density at radius 1 is 1.11 bits per heavy atom. The van der Waals surface area contributed by atoms with Crippen molar-refractivity contribution in [2.75, 3.05) is 37.0 Å². The number of aryl methyl sites for hydroxylation is 1. The first-order valence-corrected chi connectivity index (χ1v) is 11.6. The maximum absolute atomic E-state index is 12.0. The van der Waals surface area contributed by atoms with Crippen LogP contribution in [0.15, 0.2) is 51.7 Å². The topological polar surface area (TPSA) is 184 Å². The fourth-order valence-corrected chi connectivity index (χ4v) is 4.10. The number of anilines is 3. The van der Waals surface area contributed by atoms with Crippen LogP contribution in [0.5, 0.6) is 5.75 Å². The van der Waals surface area contributed by atoms with E-state index in [2.05, 4.69) is 20.6 Å². The van der Waals surface area contributed by atoms with E-state index < -0.39 is 10.5 Å². The Kier molecular flexibility index (Phi) is 7.49. The maximum atomic E-state index is 12.0. The third-order valence-electron chi connectivity index (χ3n) is 5.82. The summed E-state index contributed by atoms with van der Waals surface area (Å²) in [6, 6.07) is 11.5. The predicted molar refractivity (Wildman–Crippen MR) is 142 cm³/mol. The number of nitro groups is 1. The van der Waals surface area contributed by atoms with Gasteiger partial charge in [-0.1, -0.05) is 13.0 Å². The number of nitrogen functional groups attached to an aromatic ring is 2. The predicted octanol–water partition coefficient (Wildman–Crippen LogP) is 3.10. The van der Waals surface area contributed by atoms with E-state index in [1.54, 1.807) is 31.4 Å². The number of benzene rings is 2. The lowest BCUT2D eigenvalue weighted by Gasteiger charge is -2.13. The molecule has 0 unspecified atom stereocenters. The molecule has 2 heterocycles. The number of fused-ring (bicyclic) bond motifs is 1. The molecule has 0 saturated heterocycles. The summed E-state index contributed by atoms with van der Waals surface area (Å²) < 4.78 is 10.5. The lowest BCUT2D eigenvalue weighted by Crippen LogP contribution is -2.22. The van der Waals surface area contributed by atoms with Crippen molar-refractivity contribution in [2.24, 2.45) is 0 Å². The van der Waals surface area contributed by atoms with Gasteiger partial charge in [0.25, 0.3) is 5.69 Å². The van der Waals surface area contributed by atoms with E-state index in [-0.39, 0.29) is 17.5 Å². The van der Waals surface area contributed by atoms with Gasteiger partial charge in [-0.3, -0.25) is 10.1 Å². The summed E-state index contributed by atoms with van der Waals surface area (Å²) in [7, 11) is 1.54. The summed E-state index contributed by atoms with van der Waals surface area (Å²) in [4.78, 5) is 31.5. The minimum absolute atomic E-state index is 0.0579. The molecular weight excluding hydrogens is 478 g/mol. The van der Waals surface area contributed by atoms with Crippen LogP contribution in [0.2, 0.25) is 0 Å². The summed E-state index contributed by atoms with van der Waals surface area (Å²) in [6.07, 6.45) is 0.540. The van der Waals surface area contributed by atoms with E-state index in [4.69, 9.17) is 20.6 Å². The minimum atomic E-state index is -0.455. The Bertz CT molecular complexity index is 1520. The van der Waals surface area contributed by atoms with Gasteiger partial charge >= 0.3 is 5.63 Å². The fraction of sp³-hybridized carbons (Fsp3) is 0.240. The molecule has 6 N–H and O–H groups in total. The number of hydrogen-bond acceptors (Lipinski definition) is 11. The number of nitrogens with two attached hydrogens (primary N) is 2. The van der Waals surface area contributed by atoms with Crippen molar-refractivity contribution in [1.82, 2.24) is 15.3 Å². The number of nitrogens with one attached hydrogen (secondary N) is 2. The molecule has 4 aromatic rings. The number of ether oxygens (including phenoxy) is 1. The molecular formula is C25H27N7O5. The number of methoxy groups -OCH3 is 1. The smallest absolute Gasteiger partial charge is 0.336 e. The molecule has 2 aromatic heterocycles. The van der Waals surface area contributed by atoms with Gasteiger partial charge in [0, 0.05) is 48.8 Å². The number of nitrogens with zero attached hydrogens (tertiary/aromatic N) is 3. The van der Waals surface area contributed by atoms with E-state index in [1.165, 1.54) is 12.1 Å². The normalized spacial score (nSPS) is 11.0. The largest absolute Gasteiger partial charge is 0.497 e. The van der Waals surface area contributed by atoms with Crippen LogP contribution in [-0.2, 0) is 13.0 Å². The average molecular weight is 506 g/mol. The molecule has 0 fully saturated rings. The summed E-state index contributed by atoms with van der Waals surface area (Å²) in [5.41, 5.74) is 14.5. The van der Waals surface area contributed by atoms with Crippen molar-refractivity contribution in [3.05, 3.63) is 74.3 Å². The zero-order chi connectivity index (χ0) is 26.5. The fourth-order valence-electron chi connectivity index (χ4n) is 4.10. The quantitative estimate of drug-likeness (QED) is 0.107. The first-order valence-electron chi connectivity index (χ1n) is 11.6. The Morgan fingerprint density at radius 2 is 1.92 bits per heavy atom. The Morgan fingerprint density at radius 3 is 2.65 bits per heavy atom. The van der Waals surface area contributed by atoms with E-state index in [9.17, 15) is 14.9 Å². The van der Waals surface area contributed by atoms with Gasteiger partial charge in [-0.25, -0.2) is 9.78 Å². The van der Waals surface area contributed by atoms with Crippen LogP contribution in [0.1, 0.15) is 18.2 Å². The first kappa shape index (κ1) is 25.4. The van der Waals surface area contributed by atoms with Crippen molar-refractivity contribution in [1.29, 1.82) is 0 Å². The summed E-state index contributed by atoms with van der Waals surface area (Å²) in [5.74, 6) is 0.821. The van der Waals surface area contributed by atoms with Gasteiger partial charge in [0.15, 0.2) is 0 Å². The third-order valence-corrected chi connectivity index (χ3v) is 5.82. The van der Waals surface area contributed by atoms with Crippen LogP contribution >= 0.6 is 0 Å². The Balaban J connectivity index is 1.45. The molecule has 0 amide bonds. The maximum Gasteiger partial charge on any atom is 0.336 e. The average Bonchev–Trinajstić information content (AvgIpc) is 2.87. The molecule has 12 nitrogen and oxygen atoms in total. The molecule has 0 aliphatic rings. The van der Waals surface area contributed by atoms with Crippen molar-refractivity contribution in [3.63, 3.8) is 0 Å². The second-order valence-corrected chi connectivity index (χ2v) is 8.19. The molecule has 0 spiro atoms. The molecule has 4 rings (SSSR count). The lowest BCUT2D eigenvalue weighted by molar-refractivity contribution is -0.383. The van der Waals surface area contributed by atoms with Crippen LogP contribution in [0.3, 0.4) is 0 Å². The number of hydrogen-bond donors (Lipinski definition) is 4. The van der Waals surface area contributed by atoms with E-state index >= 15 is 0 Å². The van der Waals surface area contributed by atoms with Crippen molar-refractivity contribution in [2.45, 2.75) is 19.9 Å². The van der Waals surface area contributed by atoms with E-state index in [1.807, 2.05) is 13.0 Å². The monoisotopic (exact) mass is 505 g/mol. The highest BCUT2D eigenvalue weighted by Gasteiger charge is 2.19. The number of rotatable bonds is 10. The molecule has 0 radical (unpaired) electrons. The highest BCUT2D eigenvalue weighted by molar-refractivity contribution is 5.82. The van der Waals surface area contributed by atoms with Crippen LogP contribution in [0.25, 0.3) is 22.1 Å². The number of aromatic nitrogens is 2. The lowest BCUT2D eigenvalue weighted by atomic mass is 10.0. The second kappa shape index (κ2) is 10.9. The SMILES string of the molecule is CCc1nc(N)nc(N)c1-c1ccc(NCCNCc2cc(=O)oc3cc(OC)ccc23)c([N+](=O)[O-])c1. The van der Waals surface area contributed by atoms with Crippen molar-refractivity contribution >= 4 is 34.1 Å². The Labute approximate surface area is 211 Å². The van der Waals surface area contributed by atoms with Gasteiger partial charge < -0.3 is 31.3 Å². The molecule has 12 heteroatoms. The van der Waals surface area contributed by atoms with Gasteiger partial charge in [0.1, 0.15) is 22.8 Å². The molecule has 192 valence electrons. The third kappa shape index (κ3) is 5.59. The summed E-state index contributed by atoms with van der Waals surface area (Å²) >= 11 is 0. The molecule has 37 heavy (non-hydrogen) atoms. The highest BCUT2D eigenvalue weighted by Crippen LogP contribution is 2.34. The first-order chi connectivity index (χ1) is 17.8. The van der Waals surface area contributed by atoms with Crippen LogP contribution < -0.4 is 32.5 Å². The van der Waals surface area contributed by atoms with E-state index in [0.29, 0.717) is 59.9 Å². The van der Waals surface area contributed by atoms with E-state index in [0.717, 1.165) is 10.9 Å². The van der Waals surface area contributed by atoms with Crippen molar-refractivity contribution < 1.29 is 14.1 Å². The molecule has 0 bridgehead atoms. The zero-order valence-corrected chi connectivity index (χ0v) is 20.4. The molecule has 0 aliphatic carbocycles. The highest BCUT2D eigenvalue weighted by atomic mass is 16.6. The molecule has 0 atom stereocenters.